The van der Waals surface area contributed by atoms with Crippen LogP contribution >= 0.6 is 22.6 Å². The molecular weight excluding hydrogens is 341 g/mol. The standard InChI is InChI=1S/C13H22IN3O/c1-4-6-7-11-16-10(9-18-3)12(14)13(17-11)15-8-5-2/h4-9H2,1-3H3,(H,15,16,17). The average molecular weight is 363 g/mol. The van der Waals surface area contributed by atoms with Crippen LogP contribution in [0.5, 0.6) is 0 Å². The number of nitrogens with one attached hydrogen (secondary N) is 1. The topological polar surface area (TPSA) is 47.0 Å². The lowest BCUT2D eigenvalue weighted by atomic mass is 10.2. The van der Waals surface area contributed by atoms with E-state index in [0.29, 0.717) is 6.61 Å². The largest absolute Gasteiger partial charge is 0.378 e. The molecule has 4 nitrogen and oxygen atoms in total. The summed E-state index contributed by atoms with van der Waals surface area (Å²) < 4.78 is 6.28. The molecule has 0 spiro atoms. The lowest BCUT2D eigenvalue weighted by molar-refractivity contribution is 0.180. The van der Waals surface area contributed by atoms with Crippen LogP contribution in [0.3, 0.4) is 0 Å². The molecule has 1 heterocycles. The van der Waals surface area contributed by atoms with Crippen molar-refractivity contribution in [3.63, 3.8) is 0 Å². The second kappa shape index (κ2) is 8.63. The fourth-order valence-electron chi connectivity index (χ4n) is 1.58. The van der Waals surface area contributed by atoms with E-state index in [1.54, 1.807) is 7.11 Å². The lowest BCUT2D eigenvalue weighted by Gasteiger charge is -2.12. The normalized spacial score (nSPS) is 10.7. The summed E-state index contributed by atoms with van der Waals surface area (Å²) in [7, 11) is 1.70. The average Bonchev–Trinajstić information content (AvgIpc) is 2.38. The molecule has 1 N–H and O–H groups in total. The smallest absolute Gasteiger partial charge is 0.143 e. The van der Waals surface area contributed by atoms with Gasteiger partial charge in [0.05, 0.1) is 15.9 Å². The first-order valence-electron chi connectivity index (χ1n) is 6.51. The molecular formula is C13H22IN3O. The number of rotatable bonds is 8. The second-order valence-corrected chi connectivity index (χ2v) is 5.29. The summed E-state index contributed by atoms with van der Waals surface area (Å²) in [5, 5.41) is 3.36. The molecule has 1 aromatic heterocycles. The molecule has 0 atom stereocenters. The number of nitrogens with zero attached hydrogens (tertiary/aromatic N) is 2. The van der Waals surface area contributed by atoms with Crippen LogP contribution in [-0.2, 0) is 17.8 Å². The van der Waals surface area contributed by atoms with E-state index < -0.39 is 0 Å². The second-order valence-electron chi connectivity index (χ2n) is 4.21. The first-order valence-corrected chi connectivity index (χ1v) is 7.58. The van der Waals surface area contributed by atoms with Gasteiger partial charge in [-0.05, 0) is 35.4 Å². The minimum atomic E-state index is 0.542. The van der Waals surface area contributed by atoms with E-state index in [9.17, 15) is 0 Å². The third kappa shape index (κ3) is 4.68. The van der Waals surface area contributed by atoms with E-state index in [1.165, 1.54) is 0 Å². The molecule has 0 saturated heterocycles. The van der Waals surface area contributed by atoms with Crippen LogP contribution in [0, 0.1) is 3.57 Å². The summed E-state index contributed by atoms with van der Waals surface area (Å²) in [5.41, 5.74) is 0.984. The van der Waals surface area contributed by atoms with E-state index >= 15 is 0 Å². The van der Waals surface area contributed by atoms with Crippen molar-refractivity contribution in [3.05, 3.63) is 15.1 Å². The van der Waals surface area contributed by atoms with Crippen molar-refractivity contribution < 1.29 is 4.74 Å². The van der Waals surface area contributed by atoms with E-state index in [-0.39, 0.29) is 0 Å². The van der Waals surface area contributed by atoms with Gasteiger partial charge in [0, 0.05) is 20.1 Å². The zero-order valence-corrected chi connectivity index (χ0v) is 13.6. The van der Waals surface area contributed by atoms with Gasteiger partial charge >= 0.3 is 0 Å². The highest BCUT2D eigenvalue weighted by molar-refractivity contribution is 14.1. The van der Waals surface area contributed by atoms with Gasteiger partial charge in [-0.3, -0.25) is 0 Å². The van der Waals surface area contributed by atoms with Crippen molar-refractivity contribution in [2.45, 2.75) is 46.1 Å². The van der Waals surface area contributed by atoms with E-state index in [0.717, 1.165) is 53.1 Å². The number of methoxy groups -OCH3 is 1. The Morgan fingerprint density at radius 1 is 1.22 bits per heavy atom. The zero-order valence-electron chi connectivity index (χ0n) is 11.4. The van der Waals surface area contributed by atoms with E-state index in [2.05, 4.69) is 51.7 Å². The maximum Gasteiger partial charge on any atom is 0.143 e. The predicted molar refractivity (Wildman–Crippen MR) is 82.9 cm³/mol. The maximum atomic E-state index is 5.20. The van der Waals surface area contributed by atoms with Crippen molar-refractivity contribution in [1.29, 1.82) is 0 Å². The molecule has 0 radical (unpaired) electrons. The molecule has 0 saturated carbocycles. The Hall–Kier alpha value is -0.430. The van der Waals surface area contributed by atoms with Crippen LogP contribution < -0.4 is 5.32 Å². The van der Waals surface area contributed by atoms with Crippen LogP contribution in [0.15, 0.2) is 0 Å². The van der Waals surface area contributed by atoms with Gasteiger partial charge in [0.2, 0.25) is 0 Å². The molecule has 1 aromatic rings. The third-order valence-electron chi connectivity index (χ3n) is 2.54. The molecule has 0 aromatic carbocycles. The molecule has 1 rings (SSSR count). The van der Waals surface area contributed by atoms with Crippen LogP contribution in [-0.4, -0.2) is 23.6 Å². The number of aromatic nitrogens is 2. The summed E-state index contributed by atoms with van der Waals surface area (Å²) >= 11 is 2.29. The highest BCUT2D eigenvalue weighted by Crippen LogP contribution is 2.20. The monoisotopic (exact) mass is 363 g/mol. The first-order chi connectivity index (χ1) is 8.72. The lowest BCUT2D eigenvalue weighted by Crippen LogP contribution is -2.11. The molecule has 0 aliphatic heterocycles. The van der Waals surface area contributed by atoms with Gasteiger partial charge in [-0.1, -0.05) is 20.3 Å². The van der Waals surface area contributed by atoms with E-state index in [4.69, 9.17) is 4.74 Å². The van der Waals surface area contributed by atoms with Crippen molar-refractivity contribution in [1.82, 2.24) is 9.97 Å². The number of aryl methyl sites for hydroxylation is 1. The van der Waals surface area contributed by atoms with Crippen molar-refractivity contribution in [3.8, 4) is 0 Å². The Morgan fingerprint density at radius 3 is 2.61 bits per heavy atom. The third-order valence-corrected chi connectivity index (χ3v) is 3.68. The van der Waals surface area contributed by atoms with Gasteiger partial charge in [0.15, 0.2) is 0 Å². The van der Waals surface area contributed by atoms with Crippen molar-refractivity contribution >= 4 is 28.4 Å². The Labute approximate surface area is 123 Å². The zero-order chi connectivity index (χ0) is 13.4. The van der Waals surface area contributed by atoms with Crippen molar-refractivity contribution in [2.24, 2.45) is 0 Å². The molecule has 18 heavy (non-hydrogen) atoms. The maximum absolute atomic E-state index is 5.20. The Bertz CT molecular complexity index is 371. The fraction of sp³-hybridized carbons (Fsp3) is 0.692. The minimum absolute atomic E-state index is 0.542. The predicted octanol–water partition coefficient (Wildman–Crippen LogP) is 3.39. The number of hydrogen-bond acceptors (Lipinski definition) is 4. The molecule has 0 aliphatic carbocycles. The summed E-state index contributed by atoms with van der Waals surface area (Å²) in [4.78, 5) is 9.19. The molecule has 102 valence electrons. The van der Waals surface area contributed by atoms with Crippen LogP contribution in [0.4, 0.5) is 5.82 Å². The highest BCUT2D eigenvalue weighted by atomic mass is 127. The van der Waals surface area contributed by atoms with Gasteiger partial charge in [0.25, 0.3) is 0 Å². The van der Waals surface area contributed by atoms with Gasteiger partial charge < -0.3 is 10.1 Å². The van der Waals surface area contributed by atoms with Crippen LogP contribution in [0.1, 0.15) is 44.6 Å². The summed E-state index contributed by atoms with van der Waals surface area (Å²) in [6.07, 6.45) is 4.31. The van der Waals surface area contributed by atoms with Gasteiger partial charge in [-0.15, -0.1) is 0 Å². The van der Waals surface area contributed by atoms with Crippen molar-refractivity contribution in [2.75, 3.05) is 19.0 Å². The first kappa shape index (κ1) is 15.6. The SMILES string of the molecule is CCCCc1nc(COC)c(I)c(NCCC)n1. The van der Waals surface area contributed by atoms with Crippen LogP contribution in [0.25, 0.3) is 0 Å². The molecule has 5 heteroatoms. The molecule has 0 aliphatic rings. The molecule has 0 amide bonds. The number of anilines is 1. The van der Waals surface area contributed by atoms with Crippen LogP contribution in [0.2, 0.25) is 0 Å². The Balaban J connectivity index is 2.94. The number of halogens is 1. The number of unbranched alkanes of at least 4 members (excludes halogenated alkanes) is 1. The Morgan fingerprint density at radius 2 is 2.00 bits per heavy atom. The molecule has 0 bridgehead atoms. The van der Waals surface area contributed by atoms with Gasteiger partial charge in [-0.2, -0.15) is 0 Å². The quantitative estimate of drug-likeness (QED) is 0.720. The van der Waals surface area contributed by atoms with E-state index in [1.807, 2.05) is 0 Å². The Kier molecular flexibility index (Phi) is 7.50. The summed E-state index contributed by atoms with van der Waals surface area (Å²) in [6, 6.07) is 0. The number of hydrogen-bond donors (Lipinski definition) is 1. The molecule has 0 unspecified atom stereocenters. The fourth-order valence-corrected chi connectivity index (χ4v) is 2.17. The molecule has 0 fully saturated rings. The number of ether oxygens (including phenoxy) is 1. The highest BCUT2D eigenvalue weighted by Gasteiger charge is 2.11. The van der Waals surface area contributed by atoms with Gasteiger partial charge in [0.1, 0.15) is 11.6 Å². The van der Waals surface area contributed by atoms with Gasteiger partial charge in [-0.25, -0.2) is 9.97 Å². The summed E-state index contributed by atoms with van der Waals surface area (Å²) in [5.74, 6) is 1.87. The minimum Gasteiger partial charge on any atom is -0.378 e. The summed E-state index contributed by atoms with van der Waals surface area (Å²) in [6.45, 7) is 5.81.